The highest BCUT2D eigenvalue weighted by Crippen LogP contribution is 2.20. The molecule has 0 bridgehead atoms. The van der Waals surface area contributed by atoms with Crippen LogP contribution in [0.4, 0.5) is 4.39 Å². The van der Waals surface area contributed by atoms with Gasteiger partial charge in [-0.3, -0.25) is 0 Å². The number of carbonyl (C=O) groups is 1. The molecular weight excluding hydrogens is 175 g/mol. The molecule has 0 heterocycles. The standard InChI is InChI=1S/C9H15FO3/c1-4-7-9(10,13-6-3)8(11)12-5-2/h4H,1,5-7H2,2-3H3. The summed E-state index contributed by atoms with van der Waals surface area (Å²) in [5, 5.41) is 0. The van der Waals surface area contributed by atoms with Gasteiger partial charge < -0.3 is 9.47 Å². The number of halogens is 1. The van der Waals surface area contributed by atoms with Crippen LogP contribution >= 0.6 is 0 Å². The molecule has 3 nitrogen and oxygen atoms in total. The average Bonchev–Trinajstić information content (AvgIpc) is 2.05. The Bertz CT molecular complexity index is 182. The second-order valence-corrected chi connectivity index (χ2v) is 2.37. The van der Waals surface area contributed by atoms with Gasteiger partial charge in [0.2, 0.25) is 0 Å². The second-order valence-electron chi connectivity index (χ2n) is 2.37. The van der Waals surface area contributed by atoms with Crippen LogP contribution in [-0.2, 0) is 14.3 Å². The average molecular weight is 190 g/mol. The summed E-state index contributed by atoms with van der Waals surface area (Å²) in [6, 6.07) is 0. The lowest BCUT2D eigenvalue weighted by Crippen LogP contribution is -2.38. The molecule has 0 aliphatic rings. The number of carbonyl (C=O) groups excluding carboxylic acids is 1. The Morgan fingerprint density at radius 2 is 2.15 bits per heavy atom. The third kappa shape index (κ3) is 3.55. The van der Waals surface area contributed by atoms with Crippen molar-refractivity contribution in [2.45, 2.75) is 26.1 Å². The normalized spacial score (nSPS) is 14.7. The zero-order chi connectivity index (χ0) is 10.3. The van der Waals surface area contributed by atoms with E-state index in [1.54, 1.807) is 13.8 Å². The van der Waals surface area contributed by atoms with E-state index in [0.29, 0.717) is 0 Å². The van der Waals surface area contributed by atoms with E-state index in [1.807, 2.05) is 0 Å². The summed E-state index contributed by atoms with van der Waals surface area (Å²) in [5.41, 5.74) is 0. The molecule has 76 valence electrons. The molecule has 0 saturated heterocycles. The SMILES string of the molecule is C=CCC(F)(OCC)C(=O)OCC. The van der Waals surface area contributed by atoms with Crippen LogP contribution in [0.3, 0.4) is 0 Å². The smallest absolute Gasteiger partial charge is 0.372 e. The van der Waals surface area contributed by atoms with Crippen LogP contribution in [0, 0.1) is 0 Å². The minimum atomic E-state index is -2.37. The van der Waals surface area contributed by atoms with E-state index >= 15 is 0 Å². The Labute approximate surface area is 77.5 Å². The van der Waals surface area contributed by atoms with Gasteiger partial charge in [0.05, 0.1) is 6.61 Å². The van der Waals surface area contributed by atoms with Gasteiger partial charge >= 0.3 is 11.8 Å². The highest BCUT2D eigenvalue weighted by molar-refractivity contribution is 5.77. The Morgan fingerprint density at radius 3 is 2.54 bits per heavy atom. The summed E-state index contributed by atoms with van der Waals surface area (Å²) in [6.07, 6.45) is 1.09. The van der Waals surface area contributed by atoms with Crippen LogP contribution in [0.25, 0.3) is 0 Å². The zero-order valence-electron chi connectivity index (χ0n) is 8.01. The summed E-state index contributed by atoms with van der Waals surface area (Å²) < 4.78 is 22.8. The number of ether oxygens (including phenoxy) is 2. The van der Waals surface area contributed by atoms with E-state index in [0.717, 1.165) is 0 Å². The quantitative estimate of drug-likeness (QED) is 0.473. The maximum absolute atomic E-state index is 13.6. The third-order valence-electron chi connectivity index (χ3n) is 1.36. The fraction of sp³-hybridized carbons (Fsp3) is 0.667. The Hall–Kier alpha value is -0.900. The minimum Gasteiger partial charge on any atom is -0.462 e. The topological polar surface area (TPSA) is 35.5 Å². The lowest BCUT2D eigenvalue weighted by atomic mass is 10.2. The van der Waals surface area contributed by atoms with Gasteiger partial charge in [0.25, 0.3) is 0 Å². The molecule has 13 heavy (non-hydrogen) atoms. The first-order chi connectivity index (χ1) is 6.10. The largest absolute Gasteiger partial charge is 0.462 e. The van der Waals surface area contributed by atoms with Gasteiger partial charge in [-0.25, -0.2) is 4.79 Å². The van der Waals surface area contributed by atoms with Crippen molar-refractivity contribution in [2.75, 3.05) is 13.2 Å². The van der Waals surface area contributed by atoms with Crippen LogP contribution < -0.4 is 0 Å². The van der Waals surface area contributed by atoms with Crippen LogP contribution in [0.1, 0.15) is 20.3 Å². The molecular formula is C9H15FO3. The zero-order valence-corrected chi connectivity index (χ0v) is 8.01. The first-order valence-corrected chi connectivity index (χ1v) is 4.21. The number of rotatable bonds is 6. The number of hydrogen-bond acceptors (Lipinski definition) is 3. The molecule has 0 aromatic carbocycles. The number of alkyl halides is 1. The second kappa shape index (κ2) is 5.70. The molecule has 0 N–H and O–H groups in total. The van der Waals surface area contributed by atoms with Crippen molar-refractivity contribution < 1.29 is 18.7 Å². The van der Waals surface area contributed by atoms with Gasteiger partial charge in [0.1, 0.15) is 0 Å². The monoisotopic (exact) mass is 190 g/mol. The summed E-state index contributed by atoms with van der Waals surface area (Å²) >= 11 is 0. The lowest BCUT2D eigenvalue weighted by molar-refractivity contribution is -0.198. The fourth-order valence-corrected chi connectivity index (χ4v) is 0.854. The molecule has 1 atom stereocenters. The third-order valence-corrected chi connectivity index (χ3v) is 1.36. The summed E-state index contributed by atoms with van der Waals surface area (Å²) in [7, 11) is 0. The first kappa shape index (κ1) is 12.1. The van der Waals surface area contributed by atoms with Crippen molar-refractivity contribution >= 4 is 5.97 Å². The minimum absolute atomic E-state index is 0.114. The van der Waals surface area contributed by atoms with Crippen molar-refractivity contribution in [3.63, 3.8) is 0 Å². The van der Waals surface area contributed by atoms with Crippen LogP contribution in [0.2, 0.25) is 0 Å². The first-order valence-electron chi connectivity index (χ1n) is 4.21. The van der Waals surface area contributed by atoms with E-state index in [4.69, 9.17) is 0 Å². The number of esters is 1. The summed E-state index contributed by atoms with van der Waals surface area (Å²) in [5.74, 6) is -3.36. The molecule has 0 aromatic rings. The predicted molar refractivity (Wildman–Crippen MR) is 46.9 cm³/mol. The van der Waals surface area contributed by atoms with E-state index in [-0.39, 0.29) is 19.6 Å². The molecule has 0 radical (unpaired) electrons. The Kier molecular flexibility index (Phi) is 5.30. The maximum Gasteiger partial charge on any atom is 0.372 e. The van der Waals surface area contributed by atoms with E-state index in [2.05, 4.69) is 16.1 Å². The highest BCUT2D eigenvalue weighted by atomic mass is 19.2. The summed E-state index contributed by atoms with van der Waals surface area (Å²) in [6.45, 7) is 6.81. The van der Waals surface area contributed by atoms with Crippen molar-refractivity contribution in [3.8, 4) is 0 Å². The van der Waals surface area contributed by atoms with Gasteiger partial charge in [-0.15, -0.1) is 6.58 Å². The van der Waals surface area contributed by atoms with Crippen molar-refractivity contribution in [1.82, 2.24) is 0 Å². The molecule has 0 saturated carbocycles. The van der Waals surface area contributed by atoms with Crippen molar-refractivity contribution in [1.29, 1.82) is 0 Å². The predicted octanol–water partition coefficient (Wildman–Crippen LogP) is 1.83. The van der Waals surface area contributed by atoms with Crippen molar-refractivity contribution in [3.05, 3.63) is 12.7 Å². The van der Waals surface area contributed by atoms with Crippen molar-refractivity contribution in [2.24, 2.45) is 0 Å². The molecule has 0 aliphatic heterocycles. The highest BCUT2D eigenvalue weighted by Gasteiger charge is 2.39. The van der Waals surface area contributed by atoms with Gasteiger partial charge in [-0.05, 0) is 13.8 Å². The maximum atomic E-state index is 13.6. The van der Waals surface area contributed by atoms with Gasteiger partial charge in [-0.1, -0.05) is 6.08 Å². The number of hydrogen-bond donors (Lipinski definition) is 0. The van der Waals surface area contributed by atoms with Gasteiger partial charge in [-0.2, -0.15) is 4.39 Å². The van der Waals surface area contributed by atoms with Crippen LogP contribution in [-0.4, -0.2) is 25.0 Å². The van der Waals surface area contributed by atoms with Gasteiger partial charge in [0.15, 0.2) is 0 Å². The molecule has 0 spiro atoms. The van der Waals surface area contributed by atoms with Crippen LogP contribution in [0.15, 0.2) is 12.7 Å². The van der Waals surface area contributed by atoms with E-state index in [9.17, 15) is 9.18 Å². The van der Waals surface area contributed by atoms with E-state index < -0.39 is 11.8 Å². The van der Waals surface area contributed by atoms with E-state index in [1.165, 1.54) is 6.08 Å². The van der Waals surface area contributed by atoms with Gasteiger partial charge in [0, 0.05) is 13.0 Å². The summed E-state index contributed by atoms with van der Waals surface area (Å²) in [4.78, 5) is 11.1. The molecule has 0 rings (SSSR count). The Balaban J connectivity index is 4.36. The fourth-order valence-electron chi connectivity index (χ4n) is 0.854. The lowest BCUT2D eigenvalue weighted by Gasteiger charge is -2.20. The molecule has 1 unspecified atom stereocenters. The molecule has 0 aromatic heterocycles. The molecule has 4 heteroatoms. The molecule has 0 amide bonds. The molecule has 0 aliphatic carbocycles. The molecule has 0 fully saturated rings. The Morgan fingerprint density at radius 1 is 1.54 bits per heavy atom. The van der Waals surface area contributed by atoms with Crippen LogP contribution in [0.5, 0.6) is 0 Å².